The summed E-state index contributed by atoms with van der Waals surface area (Å²) in [7, 11) is 0. The Hall–Kier alpha value is -0.770. The van der Waals surface area contributed by atoms with E-state index < -0.39 is 0 Å². The Morgan fingerprint density at radius 3 is 2.43 bits per heavy atom. The van der Waals surface area contributed by atoms with Crippen LogP contribution >= 0.6 is 35.6 Å². The van der Waals surface area contributed by atoms with E-state index in [-0.39, 0.29) is 24.6 Å². The van der Waals surface area contributed by atoms with Gasteiger partial charge in [0, 0.05) is 10.0 Å². The highest BCUT2D eigenvalue weighted by Crippen LogP contribution is 2.27. The van der Waals surface area contributed by atoms with Gasteiger partial charge in [0.25, 0.3) is 0 Å². The molecule has 23 heavy (non-hydrogen) atoms. The minimum atomic E-state index is 0. The van der Waals surface area contributed by atoms with E-state index in [4.69, 9.17) is 27.9 Å². The van der Waals surface area contributed by atoms with Crippen LogP contribution in [0.2, 0.25) is 10.0 Å². The van der Waals surface area contributed by atoms with Crippen molar-refractivity contribution in [2.45, 2.75) is 31.6 Å². The number of halogens is 3. The Bertz CT molecular complexity index is 601. The quantitative estimate of drug-likeness (QED) is 0.773. The first-order chi connectivity index (χ1) is 10.7. The monoisotopic (exact) mass is 371 g/mol. The van der Waals surface area contributed by atoms with E-state index in [1.165, 1.54) is 5.56 Å². The molecular formula is C18H20Cl3NO. The van der Waals surface area contributed by atoms with Gasteiger partial charge in [0.15, 0.2) is 0 Å². The highest BCUT2D eigenvalue weighted by Gasteiger charge is 2.26. The molecule has 0 aliphatic carbocycles. The van der Waals surface area contributed by atoms with Gasteiger partial charge in [0.2, 0.25) is 0 Å². The van der Waals surface area contributed by atoms with Gasteiger partial charge in [-0.05, 0) is 48.7 Å². The number of rotatable bonds is 4. The van der Waals surface area contributed by atoms with Crippen molar-refractivity contribution in [3.8, 4) is 0 Å². The lowest BCUT2D eigenvalue weighted by Gasteiger charge is -2.33. The zero-order valence-electron chi connectivity index (χ0n) is 12.7. The average Bonchev–Trinajstić information content (AvgIpc) is 2.53. The number of piperidine rings is 1. The van der Waals surface area contributed by atoms with Gasteiger partial charge >= 0.3 is 0 Å². The molecule has 3 rings (SSSR count). The van der Waals surface area contributed by atoms with Gasteiger partial charge in [0.05, 0.1) is 18.8 Å². The number of hydrogen-bond donors (Lipinski definition) is 1. The zero-order chi connectivity index (χ0) is 15.4. The molecule has 1 aliphatic rings. The molecule has 0 saturated carbocycles. The van der Waals surface area contributed by atoms with Crippen LogP contribution in [0.15, 0.2) is 48.5 Å². The number of ether oxygens (including phenoxy) is 1. The summed E-state index contributed by atoms with van der Waals surface area (Å²) >= 11 is 12.1. The third-order valence-corrected chi connectivity index (χ3v) is 4.38. The lowest BCUT2D eigenvalue weighted by atomic mass is 9.94. The molecule has 1 heterocycles. The minimum absolute atomic E-state index is 0. The topological polar surface area (TPSA) is 21.3 Å². The van der Waals surface area contributed by atoms with Gasteiger partial charge in [-0.2, -0.15) is 0 Å². The predicted molar refractivity (Wildman–Crippen MR) is 98.7 cm³/mol. The summed E-state index contributed by atoms with van der Waals surface area (Å²) < 4.78 is 6.17. The van der Waals surface area contributed by atoms with Crippen LogP contribution < -0.4 is 5.32 Å². The molecule has 0 bridgehead atoms. The molecule has 124 valence electrons. The summed E-state index contributed by atoms with van der Waals surface area (Å²) in [5.41, 5.74) is 2.28. The molecule has 2 aromatic carbocycles. The van der Waals surface area contributed by atoms with Crippen LogP contribution in [0, 0.1) is 0 Å². The van der Waals surface area contributed by atoms with Crippen LogP contribution in [-0.4, -0.2) is 12.6 Å². The van der Waals surface area contributed by atoms with E-state index in [1.54, 1.807) is 6.07 Å². The Balaban J connectivity index is 0.00000192. The molecular weight excluding hydrogens is 353 g/mol. The lowest BCUT2D eigenvalue weighted by molar-refractivity contribution is -0.00356. The number of hydrogen-bond acceptors (Lipinski definition) is 2. The van der Waals surface area contributed by atoms with E-state index in [1.807, 2.05) is 18.2 Å². The lowest BCUT2D eigenvalue weighted by Crippen LogP contribution is -2.39. The molecule has 2 aromatic rings. The van der Waals surface area contributed by atoms with Crippen LogP contribution in [0.25, 0.3) is 0 Å². The maximum Gasteiger partial charge on any atom is 0.0774 e. The van der Waals surface area contributed by atoms with E-state index >= 15 is 0 Å². The van der Waals surface area contributed by atoms with Gasteiger partial charge in [-0.3, -0.25) is 0 Å². The maximum absolute atomic E-state index is 6.17. The first-order valence-electron chi connectivity index (χ1n) is 7.57. The molecule has 0 aromatic heterocycles. The summed E-state index contributed by atoms with van der Waals surface area (Å²) in [6, 6.07) is 16.3. The van der Waals surface area contributed by atoms with Crippen molar-refractivity contribution < 1.29 is 4.74 Å². The fourth-order valence-electron chi connectivity index (χ4n) is 2.93. The van der Waals surface area contributed by atoms with Crippen molar-refractivity contribution in [2.75, 3.05) is 6.54 Å². The zero-order valence-corrected chi connectivity index (χ0v) is 15.0. The number of nitrogens with one attached hydrogen (secondary N) is 1. The smallest absolute Gasteiger partial charge is 0.0774 e. The van der Waals surface area contributed by atoms with Gasteiger partial charge in [-0.15, -0.1) is 12.4 Å². The fourth-order valence-corrected chi connectivity index (χ4v) is 3.50. The van der Waals surface area contributed by atoms with Gasteiger partial charge in [-0.1, -0.05) is 53.5 Å². The molecule has 0 spiro atoms. The molecule has 1 fully saturated rings. The summed E-state index contributed by atoms with van der Waals surface area (Å²) in [5, 5.41) is 4.86. The van der Waals surface area contributed by atoms with E-state index in [0.29, 0.717) is 16.7 Å². The van der Waals surface area contributed by atoms with Crippen molar-refractivity contribution in [1.82, 2.24) is 5.32 Å². The highest BCUT2D eigenvalue weighted by atomic mass is 35.5. The van der Waals surface area contributed by atoms with Gasteiger partial charge in [0.1, 0.15) is 0 Å². The number of benzene rings is 2. The van der Waals surface area contributed by atoms with E-state index in [2.05, 4.69) is 29.6 Å². The minimum Gasteiger partial charge on any atom is -0.372 e. The third-order valence-electron chi connectivity index (χ3n) is 3.95. The maximum atomic E-state index is 6.17. The molecule has 0 unspecified atom stereocenters. The molecule has 1 N–H and O–H groups in total. The summed E-state index contributed by atoms with van der Waals surface area (Å²) in [5.74, 6) is 0. The molecule has 2 nitrogen and oxygen atoms in total. The summed E-state index contributed by atoms with van der Waals surface area (Å²) in [4.78, 5) is 0. The van der Waals surface area contributed by atoms with Crippen molar-refractivity contribution in [3.63, 3.8) is 0 Å². The first-order valence-corrected chi connectivity index (χ1v) is 8.33. The predicted octanol–water partition coefficient (Wildman–Crippen LogP) is 5.43. The van der Waals surface area contributed by atoms with Crippen molar-refractivity contribution in [2.24, 2.45) is 0 Å². The Labute approximate surface area is 153 Å². The second-order valence-corrected chi connectivity index (χ2v) is 6.48. The molecule has 1 saturated heterocycles. The fraction of sp³-hybridized carbons (Fsp3) is 0.333. The third kappa shape index (κ3) is 5.10. The van der Waals surface area contributed by atoms with Crippen LogP contribution in [-0.2, 0) is 11.3 Å². The molecule has 1 aliphatic heterocycles. The second kappa shape index (κ2) is 8.91. The largest absolute Gasteiger partial charge is 0.372 e. The average molecular weight is 373 g/mol. The molecule has 5 heteroatoms. The van der Waals surface area contributed by atoms with Crippen LogP contribution in [0.5, 0.6) is 0 Å². The van der Waals surface area contributed by atoms with Gasteiger partial charge in [-0.25, -0.2) is 0 Å². The first kappa shape index (κ1) is 18.6. The summed E-state index contributed by atoms with van der Waals surface area (Å²) in [6.07, 6.45) is 2.35. The second-order valence-electron chi connectivity index (χ2n) is 5.61. The van der Waals surface area contributed by atoms with Crippen molar-refractivity contribution in [1.29, 1.82) is 0 Å². The van der Waals surface area contributed by atoms with Crippen molar-refractivity contribution in [3.05, 3.63) is 69.7 Å². The van der Waals surface area contributed by atoms with Crippen LogP contribution in [0.1, 0.15) is 30.0 Å². The molecule has 2 atom stereocenters. The Morgan fingerprint density at radius 2 is 1.74 bits per heavy atom. The SMILES string of the molecule is Cl.Clc1cc(Cl)cc(CO[C@H]2CCCN[C@H]2c2ccccc2)c1. The molecule has 0 amide bonds. The summed E-state index contributed by atoms with van der Waals surface area (Å²) in [6.45, 7) is 1.55. The molecule has 0 radical (unpaired) electrons. The normalized spacial score (nSPS) is 20.8. The van der Waals surface area contributed by atoms with E-state index in [0.717, 1.165) is 24.9 Å². The Kier molecular flexibility index (Phi) is 7.19. The van der Waals surface area contributed by atoms with Gasteiger partial charge < -0.3 is 10.1 Å². The highest BCUT2D eigenvalue weighted by molar-refractivity contribution is 6.34. The Morgan fingerprint density at radius 1 is 1.04 bits per heavy atom. The van der Waals surface area contributed by atoms with E-state index in [9.17, 15) is 0 Å². The van der Waals surface area contributed by atoms with Crippen molar-refractivity contribution >= 4 is 35.6 Å². The van der Waals surface area contributed by atoms with Crippen LogP contribution in [0.3, 0.4) is 0 Å². The van der Waals surface area contributed by atoms with Crippen LogP contribution in [0.4, 0.5) is 0 Å². The standard InChI is InChI=1S/C18H19Cl2NO.ClH/c19-15-9-13(10-16(20)11-15)12-22-17-7-4-8-21-18(17)14-5-2-1-3-6-14;/h1-3,5-6,9-11,17-18,21H,4,7-8,12H2;1H/t17-,18-;/m0./s1.